The molecule has 0 atom stereocenters. The molecule has 1 aliphatic carbocycles. The molecular formula is C18H28N2O2. The minimum absolute atomic E-state index is 0.0275. The number of carbonyl (C=O) groups excluding carboxylic acids is 1. The Morgan fingerprint density at radius 2 is 2.09 bits per heavy atom. The van der Waals surface area contributed by atoms with Crippen LogP contribution >= 0.6 is 0 Å². The fourth-order valence-corrected chi connectivity index (χ4v) is 3.22. The number of carbonyl (C=O) groups is 1. The number of hydrogen-bond acceptors (Lipinski definition) is 3. The van der Waals surface area contributed by atoms with Gasteiger partial charge in [-0.15, -0.1) is 0 Å². The molecule has 0 unspecified atom stereocenters. The second kappa shape index (κ2) is 8.18. The number of hydrogen-bond donors (Lipinski definition) is 2. The first-order valence-electron chi connectivity index (χ1n) is 8.30. The highest BCUT2D eigenvalue weighted by Crippen LogP contribution is 2.38. The molecule has 0 spiro atoms. The maximum atomic E-state index is 12.1. The van der Waals surface area contributed by atoms with Crippen molar-refractivity contribution in [2.24, 2.45) is 11.1 Å². The number of nitrogens with two attached hydrogens (primary N) is 1. The molecule has 1 amide bonds. The molecule has 1 aromatic carbocycles. The van der Waals surface area contributed by atoms with Gasteiger partial charge in [-0.05, 0) is 49.4 Å². The van der Waals surface area contributed by atoms with Gasteiger partial charge in [0.25, 0.3) is 0 Å². The van der Waals surface area contributed by atoms with Gasteiger partial charge in [-0.2, -0.15) is 0 Å². The summed E-state index contributed by atoms with van der Waals surface area (Å²) in [5, 5.41) is 2.95. The second-order valence-corrected chi connectivity index (χ2v) is 6.46. The lowest BCUT2D eigenvalue weighted by Gasteiger charge is -2.35. The molecule has 1 aliphatic rings. The van der Waals surface area contributed by atoms with Crippen LogP contribution in [-0.4, -0.2) is 25.6 Å². The number of ether oxygens (including phenoxy) is 1. The molecule has 0 aromatic heterocycles. The third-order valence-corrected chi connectivity index (χ3v) is 4.57. The largest absolute Gasteiger partial charge is 0.492 e. The van der Waals surface area contributed by atoms with Crippen molar-refractivity contribution in [3.8, 4) is 5.75 Å². The predicted octanol–water partition coefficient (Wildman–Crippen LogP) is 2.79. The lowest BCUT2D eigenvalue weighted by Crippen LogP contribution is -2.39. The molecule has 22 heavy (non-hydrogen) atoms. The molecule has 1 aromatic rings. The third-order valence-electron chi connectivity index (χ3n) is 4.57. The summed E-state index contributed by atoms with van der Waals surface area (Å²) in [6.45, 7) is 3.67. The lowest BCUT2D eigenvalue weighted by molar-refractivity contribution is -0.124. The fraction of sp³-hybridized carbons (Fsp3) is 0.611. The third kappa shape index (κ3) is 5.02. The van der Waals surface area contributed by atoms with Gasteiger partial charge in [-0.25, -0.2) is 0 Å². The molecule has 2 rings (SSSR count). The van der Waals surface area contributed by atoms with Crippen molar-refractivity contribution < 1.29 is 9.53 Å². The molecule has 0 heterocycles. The van der Waals surface area contributed by atoms with Crippen LogP contribution in [0.2, 0.25) is 0 Å². The first kappa shape index (κ1) is 16.8. The lowest BCUT2D eigenvalue weighted by atomic mass is 9.72. The molecule has 0 bridgehead atoms. The highest BCUT2D eigenvalue weighted by Gasteiger charge is 2.32. The van der Waals surface area contributed by atoms with Crippen molar-refractivity contribution in [2.45, 2.75) is 45.4 Å². The van der Waals surface area contributed by atoms with Crippen LogP contribution in [0.1, 0.15) is 44.1 Å². The SMILES string of the molecule is Cc1cccc(OCCNC(=O)CC2(CN)CCCCC2)c1. The van der Waals surface area contributed by atoms with E-state index in [1.54, 1.807) is 0 Å². The highest BCUT2D eigenvalue weighted by molar-refractivity contribution is 5.76. The number of amides is 1. The van der Waals surface area contributed by atoms with Gasteiger partial charge < -0.3 is 15.8 Å². The van der Waals surface area contributed by atoms with E-state index in [1.165, 1.54) is 24.8 Å². The van der Waals surface area contributed by atoms with Gasteiger partial charge in [0.05, 0.1) is 6.54 Å². The van der Waals surface area contributed by atoms with Crippen LogP contribution in [0.4, 0.5) is 0 Å². The van der Waals surface area contributed by atoms with Crippen molar-refractivity contribution in [3.63, 3.8) is 0 Å². The Morgan fingerprint density at radius 3 is 2.77 bits per heavy atom. The number of rotatable bonds is 7. The van der Waals surface area contributed by atoms with Crippen LogP contribution in [0, 0.1) is 12.3 Å². The van der Waals surface area contributed by atoms with Gasteiger partial charge in [0.1, 0.15) is 12.4 Å². The maximum Gasteiger partial charge on any atom is 0.220 e. The van der Waals surface area contributed by atoms with E-state index in [-0.39, 0.29) is 11.3 Å². The van der Waals surface area contributed by atoms with Gasteiger partial charge in [0, 0.05) is 6.42 Å². The fourth-order valence-electron chi connectivity index (χ4n) is 3.22. The zero-order valence-electron chi connectivity index (χ0n) is 13.6. The zero-order valence-corrected chi connectivity index (χ0v) is 13.6. The first-order chi connectivity index (χ1) is 10.6. The quantitative estimate of drug-likeness (QED) is 0.761. The molecule has 1 fully saturated rings. The van der Waals surface area contributed by atoms with E-state index in [4.69, 9.17) is 10.5 Å². The topological polar surface area (TPSA) is 64.3 Å². The average molecular weight is 304 g/mol. The molecule has 0 saturated heterocycles. The Bertz CT molecular complexity index is 482. The summed E-state index contributed by atoms with van der Waals surface area (Å²) >= 11 is 0. The van der Waals surface area contributed by atoms with Crippen LogP contribution < -0.4 is 15.8 Å². The first-order valence-corrected chi connectivity index (χ1v) is 8.30. The molecule has 1 saturated carbocycles. The van der Waals surface area contributed by atoms with E-state index < -0.39 is 0 Å². The van der Waals surface area contributed by atoms with Crippen LogP contribution in [0.25, 0.3) is 0 Å². The van der Waals surface area contributed by atoms with Crippen molar-refractivity contribution in [1.82, 2.24) is 5.32 Å². The molecule has 3 N–H and O–H groups in total. The number of benzene rings is 1. The van der Waals surface area contributed by atoms with E-state index in [9.17, 15) is 4.79 Å². The maximum absolute atomic E-state index is 12.1. The summed E-state index contributed by atoms with van der Waals surface area (Å²) in [5.74, 6) is 0.945. The van der Waals surface area contributed by atoms with Gasteiger partial charge in [0.15, 0.2) is 0 Å². The summed E-state index contributed by atoms with van der Waals surface area (Å²) in [4.78, 5) is 12.1. The van der Waals surface area contributed by atoms with Crippen LogP contribution in [-0.2, 0) is 4.79 Å². The van der Waals surface area contributed by atoms with E-state index in [2.05, 4.69) is 5.32 Å². The highest BCUT2D eigenvalue weighted by atomic mass is 16.5. The predicted molar refractivity (Wildman–Crippen MR) is 88.9 cm³/mol. The Kier molecular flexibility index (Phi) is 6.25. The number of aryl methyl sites for hydroxylation is 1. The van der Waals surface area contributed by atoms with Crippen molar-refractivity contribution in [1.29, 1.82) is 0 Å². The summed E-state index contributed by atoms with van der Waals surface area (Å²) in [5.41, 5.74) is 7.12. The van der Waals surface area contributed by atoms with Gasteiger partial charge in [0.2, 0.25) is 5.91 Å². The Morgan fingerprint density at radius 1 is 1.32 bits per heavy atom. The molecule has 0 radical (unpaired) electrons. The van der Waals surface area contributed by atoms with E-state index in [1.807, 2.05) is 31.2 Å². The van der Waals surface area contributed by atoms with Gasteiger partial charge in [-0.1, -0.05) is 31.4 Å². The summed E-state index contributed by atoms with van der Waals surface area (Å²) < 4.78 is 5.64. The Hall–Kier alpha value is -1.55. The van der Waals surface area contributed by atoms with Crippen LogP contribution in [0.5, 0.6) is 5.75 Å². The standard InChI is InChI=1S/C18H28N2O2/c1-15-6-5-7-16(12-15)22-11-10-20-17(21)13-18(14-19)8-3-2-4-9-18/h5-7,12H,2-4,8-11,13-14,19H2,1H3,(H,20,21). The summed E-state index contributed by atoms with van der Waals surface area (Å²) in [6.07, 6.45) is 6.37. The molecular weight excluding hydrogens is 276 g/mol. The van der Waals surface area contributed by atoms with Crippen LogP contribution in [0.15, 0.2) is 24.3 Å². The minimum Gasteiger partial charge on any atom is -0.492 e. The Labute approximate surface area is 133 Å². The zero-order chi connectivity index (χ0) is 15.8. The molecule has 4 heteroatoms. The Balaban J connectivity index is 1.69. The van der Waals surface area contributed by atoms with E-state index in [0.29, 0.717) is 26.1 Å². The van der Waals surface area contributed by atoms with Crippen LogP contribution in [0.3, 0.4) is 0 Å². The van der Waals surface area contributed by atoms with E-state index >= 15 is 0 Å². The number of nitrogens with one attached hydrogen (secondary N) is 1. The minimum atomic E-state index is 0.0275. The van der Waals surface area contributed by atoms with Gasteiger partial charge in [-0.3, -0.25) is 4.79 Å². The second-order valence-electron chi connectivity index (χ2n) is 6.46. The summed E-state index contributed by atoms with van der Waals surface area (Å²) in [7, 11) is 0. The summed E-state index contributed by atoms with van der Waals surface area (Å²) in [6, 6.07) is 7.93. The molecule has 0 aliphatic heterocycles. The van der Waals surface area contributed by atoms with Gasteiger partial charge >= 0.3 is 0 Å². The normalized spacial score (nSPS) is 17.0. The molecule has 122 valence electrons. The monoisotopic (exact) mass is 304 g/mol. The molecule has 4 nitrogen and oxygen atoms in total. The van der Waals surface area contributed by atoms with Crippen molar-refractivity contribution >= 4 is 5.91 Å². The van der Waals surface area contributed by atoms with E-state index in [0.717, 1.165) is 18.6 Å². The smallest absolute Gasteiger partial charge is 0.220 e. The average Bonchev–Trinajstić information content (AvgIpc) is 2.52. The van der Waals surface area contributed by atoms with Crippen molar-refractivity contribution in [2.75, 3.05) is 19.7 Å². The van der Waals surface area contributed by atoms with Crippen molar-refractivity contribution in [3.05, 3.63) is 29.8 Å².